The molecule has 0 aliphatic carbocycles. The quantitative estimate of drug-likeness (QED) is 0.695. The van der Waals surface area contributed by atoms with Gasteiger partial charge in [0.05, 0.1) is 23.1 Å². The first-order valence-corrected chi connectivity index (χ1v) is 8.54. The molecule has 7 nitrogen and oxygen atoms in total. The van der Waals surface area contributed by atoms with Gasteiger partial charge in [-0.2, -0.15) is 0 Å². The Morgan fingerprint density at radius 2 is 1.85 bits per heavy atom. The van der Waals surface area contributed by atoms with Crippen LogP contribution < -0.4 is 10.9 Å². The summed E-state index contributed by atoms with van der Waals surface area (Å²) in [7, 11) is 0. The number of hydrogen-bond acceptors (Lipinski definition) is 6. The van der Waals surface area contributed by atoms with Crippen LogP contribution in [0, 0.1) is 0 Å². The third-order valence-corrected chi connectivity index (χ3v) is 3.88. The van der Waals surface area contributed by atoms with E-state index in [9.17, 15) is 14.4 Å². The van der Waals surface area contributed by atoms with Crippen molar-refractivity contribution in [2.45, 2.75) is 20.3 Å². The van der Waals surface area contributed by atoms with Crippen molar-refractivity contribution in [1.29, 1.82) is 0 Å². The summed E-state index contributed by atoms with van der Waals surface area (Å²) in [6, 6.07) is 11.2. The molecule has 1 aromatic heterocycles. The fraction of sp³-hybridized carbons (Fsp3) is 0.200. The number of nitrogens with one attached hydrogen (secondary N) is 1. The molecule has 7 heteroatoms. The van der Waals surface area contributed by atoms with Crippen molar-refractivity contribution in [2.75, 3.05) is 11.9 Å². The molecule has 0 radical (unpaired) electrons. The van der Waals surface area contributed by atoms with Crippen molar-refractivity contribution in [3.63, 3.8) is 0 Å². The molecule has 138 valence electrons. The van der Waals surface area contributed by atoms with Crippen LogP contribution in [0.1, 0.15) is 30.6 Å². The first-order chi connectivity index (χ1) is 13.0. The highest BCUT2D eigenvalue weighted by Crippen LogP contribution is 2.21. The number of nitrogens with zero attached hydrogens (tertiary/aromatic N) is 1. The van der Waals surface area contributed by atoms with Crippen LogP contribution >= 0.6 is 0 Å². The monoisotopic (exact) mass is 366 g/mol. The standard InChI is InChI=1S/C20H18N2O5/c1-3-17(23)21-14-9-10-15-16(11-14)22-18(27-20(15)25)12-5-7-13(8-6-12)19(24)26-4-2/h5-11H,3-4H2,1-2H3,(H,21,23). The van der Waals surface area contributed by atoms with E-state index < -0.39 is 11.6 Å². The lowest BCUT2D eigenvalue weighted by molar-refractivity contribution is -0.115. The number of fused-ring (bicyclic) bond motifs is 1. The molecule has 1 amide bonds. The van der Waals surface area contributed by atoms with E-state index in [-0.39, 0.29) is 11.8 Å². The van der Waals surface area contributed by atoms with Crippen molar-refractivity contribution in [3.8, 4) is 11.5 Å². The number of carbonyl (C=O) groups excluding carboxylic acids is 2. The van der Waals surface area contributed by atoms with Gasteiger partial charge in [-0.3, -0.25) is 4.79 Å². The van der Waals surface area contributed by atoms with Crippen LogP contribution in [0.25, 0.3) is 22.4 Å². The maximum absolute atomic E-state index is 12.3. The summed E-state index contributed by atoms with van der Waals surface area (Å²) in [4.78, 5) is 39.9. The Morgan fingerprint density at radius 1 is 1.11 bits per heavy atom. The van der Waals surface area contributed by atoms with Gasteiger partial charge in [-0.25, -0.2) is 14.6 Å². The van der Waals surface area contributed by atoms with Crippen molar-refractivity contribution in [3.05, 3.63) is 58.4 Å². The Hall–Kier alpha value is -3.48. The predicted molar refractivity (Wildman–Crippen MR) is 101 cm³/mol. The molecule has 1 heterocycles. The molecule has 27 heavy (non-hydrogen) atoms. The zero-order valence-corrected chi connectivity index (χ0v) is 14.9. The van der Waals surface area contributed by atoms with E-state index in [1.165, 1.54) is 0 Å². The van der Waals surface area contributed by atoms with Gasteiger partial charge in [0.15, 0.2) is 0 Å². The Bertz CT molecular complexity index is 1050. The second-order valence-electron chi connectivity index (χ2n) is 5.74. The summed E-state index contributed by atoms with van der Waals surface area (Å²) in [6.45, 7) is 3.77. The minimum absolute atomic E-state index is 0.127. The number of aromatic nitrogens is 1. The number of ether oxygens (including phenoxy) is 1. The summed E-state index contributed by atoms with van der Waals surface area (Å²) < 4.78 is 10.2. The number of esters is 1. The van der Waals surface area contributed by atoms with E-state index >= 15 is 0 Å². The van der Waals surface area contributed by atoms with Gasteiger partial charge in [0, 0.05) is 17.7 Å². The van der Waals surface area contributed by atoms with Crippen molar-refractivity contribution in [2.24, 2.45) is 0 Å². The highest BCUT2D eigenvalue weighted by molar-refractivity contribution is 5.93. The molecule has 0 aliphatic heterocycles. The molecule has 0 atom stereocenters. The van der Waals surface area contributed by atoms with E-state index in [1.54, 1.807) is 56.3 Å². The maximum atomic E-state index is 12.3. The maximum Gasteiger partial charge on any atom is 0.347 e. The van der Waals surface area contributed by atoms with Crippen molar-refractivity contribution in [1.82, 2.24) is 4.98 Å². The van der Waals surface area contributed by atoms with Crippen molar-refractivity contribution >= 4 is 28.5 Å². The summed E-state index contributed by atoms with van der Waals surface area (Å²) in [5, 5.41) is 3.05. The number of rotatable bonds is 5. The summed E-state index contributed by atoms with van der Waals surface area (Å²) in [5.41, 5.74) is 1.37. The summed E-state index contributed by atoms with van der Waals surface area (Å²) >= 11 is 0. The summed E-state index contributed by atoms with van der Waals surface area (Å²) in [5.74, 6) is -0.428. The Kier molecular flexibility index (Phi) is 5.30. The zero-order chi connectivity index (χ0) is 19.4. The fourth-order valence-electron chi connectivity index (χ4n) is 2.49. The molecule has 0 saturated heterocycles. The second-order valence-corrected chi connectivity index (χ2v) is 5.74. The number of anilines is 1. The molecule has 0 aliphatic rings. The zero-order valence-electron chi connectivity index (χ0n) is 14.9. The summed E-state index contributed by atoms with van der Waals surface area (Å²) in [6.07, 6.45) is 0.348. The van der Waals surface area contributed by atoms with Gasteiger partial charge in [-0.15, -0.1) is 0 Å². The van der Waals surface area contributed by atoms with Gasteiger partial charge in [0.1, 0.15) is 0 Å². The van der Waals surface area contributed by atoms with E-state index in [0.29, 0.717) is 40.7 Å². The van der Waals surface area contributed by atoms with Gasteiger partial charge >= 0.3 is 11.6 Å². The highest BCUT2D eigenvalue weighted by atomic mass is 16.5. The van der Waals surface area contributed by atoms with Gasteiger partial charge < -0.3 is 14.5 Å². The first-order valence-electron chi connectivity index (χ1n) is 8.54. The largest absolute Gasteiger partial charge is 0.462 e. The van der Waals surface area contributed by atoms with Crippen LogP contribution in [-0.2, 0) is 9.53 Å². The lowest BCUT2D eigenvalue weighted by Gasteiger charge is -2.06. The SMILES string of the molecule is CCOC(=O)c1ccc(-c2nc3cc(NC(=O)CC)ccc3c(=O)o2)cc1. The molecule has 0 bridgehead atoms. The van der Waals surface area contributed by atoms with Crippen molar-refractivity contribution < 1.29 is 18.7 Å². The number of amides is 1. The molecular weight excluding hydrogens is 348 g/mol. The Balaban J connectivity index is 1.98. The van der Waals surface area contributed by atoms with Crippen LogP contribution in [0.3, 0.4) is 0 Å². The lowest BCUT2D eigenvalue weighted by atomic mass is 10.1. The minimum atomic E-state index is -0.530. The third-order valence-electron chi connectivity index (χ3n) is 3.88. The molecule has 1 N–H and O–H groups in total. The molecule has 3 aromatic rings. The van der Waals surface area contributed by atoms with Crippen LogP contribution in [0.5, 0.6) is 0 Å². The lowest BCUT2D eigenvalue weighted by Crippen LogP contribution is -2.10. The molecule has 0 fully saturated rings. The van der Waals surface area contributed by atoms with Crippen LogP contribution in [0.2, 0.25) is 0 Å². The average molecular weight is 366 g/mol. The van der Waals surface area contributed by atoms with Crippen LogP contribution in [0.15, 0.2) is 51.7 Å². The minimum Gasteiger partial charge on any atom is -0.462 e. The molecule has 0 saturated carbocycles. The van der Waals surface area contributed by atoms with E-state index in [2.05, 4.69) is 10.3 Å². The molecule has 0 spiro atoms. The molecule has 2 aromatic carbocycles. The van der Waals surface area contributed by atoms with Gasteiger partial charge in [0.25, 0.3) is 0 Å². The topological polar surface area (TPSA) is 98.5 Å². The normalized spacial score (nSPS) is 10.6. The predicted octanol–water partition coefficient (Wildman–Crippen LogP) is 3.38. The molecular formula is C20H18N2O5. The van der Waals surface area contributed by atoms with Crippen LogP contribution in [0.4, 0.5) is 5.69 Å². The van der Waals surface area contributed by atoms with Crippen LogP contribution in [-0.4, -0.2) is 23.5 Å². The van der Waals surface area contributed by atoms with E-state index in [1.807, 2.05) is 0 Å². The van der Waals surface area contributed by atoms with Gasteiger partial charge in [-0.1, -0.05) is 6.92 Å². The molecule has 0 unspecified atom stereocenters. The smallest absolute Gasteiger partial charge is 0.347 e. The van der Waals surface area contributed by atoms with E-state index in [4.69, 9.17) is 9.15 Å². The number of hydrogen-bond donors (Lipinski definition) is 1. The second kappa shape index (κ2) is 7.82. The Morgan fingerprint density at radius 3 is 2.52 bits per heavy atom. The fourth-order valence-corrected chi connectivity index (χ4v) is 2.49. The average Bonchev–Trinajstić information content (AvgIpc) is 2.68. The highest BCUT2D eigenvalue weighted by Gasteiger charge is 2.12. The number of carbonyl (C=O) groups is 2. The number of benzene rings is 2. The first kappa shape index (κ1) is 18.3. The third kappa shape index (κ3) is 4.03. The molecule has 3 rings (SSSR count). The van der Waals surface area contributed by atoms with E-state index in [0.717, 1.165) is 0 Å². The van der Waals surface area contributed by atoms with Gasteiger partial charge in [0.2, 0.25) is 11.8 Å². The van der Waals surface area contributed by atoms with Gasteiger partial charge in [-0.05, 0) is 49.4 Å². The Labute approximate surface area is 155 Å².